The Morgan fingerprint density at radius 1 is 0.738 bits per heavy atom. The second-order valence-corrected chi connectivity index (χ2v) is 11.7. The van der Waals surface area contributed by atoms with Crippen molar-refractivity contribution in [2.24, 2.45) is 0 Å². The van der Waals surface area contributed by atoms with Crippen LogP contribution in [-0.2, 0) is 28.6 Å². The van der Waals surface area contributed by atoms with Gasteiger partial charge in [0.15, 0.2) is 6.10 Å². The maximum Gasteiger partial charge on any atom is 0.309 e. The van der Waals surface area contributed by atoms with E-state index in [2.05, 4.69) is 32.1 Å². The highest BCUT2D eigenvalue weighted by molar-refractivity contribution is 5.71. The van der Waals surface area contributed by atoms with E-state index in [4.69, 9.17) is 14.2 Å². The molecule has 0 amide bonds. The predicted molar refractivity (Wildman–Crippen MR) is 167 cm³/mol. The van der Waals surface area contributed by atoms with Gasteiger partial charge in [-0.2, -0.15) is 0 Å². The minimum absolute atomic E-state index is 0.0147. The van der Waals surface area contributed by atoms with Gasteiger partial charge in [0.1, 0.15) is 12.6 Å². The lowest BCUT2D eigenvalue weighted by Crippen LogP contribution is -2.55. The maximum absolute atomic E-state index is 12.5. The molecule has 242 valence electrons. The number of esters is 2. The van der Waals surface area contributed by atoms with Gasteiger partial charge in [0.2, 0.25) is 0 Å². The number of carbonyl (C=O) groups excluding carboxylic acids is 3. The van der Waals surface area contributed by atoms with Crippen molar-refractivity contribution in [3.63, 3.8) is 0 Å². The van der Waals surface area contributed by atoms with Crippen LogP contribution in [0.3, 0.4) is 0 Å². The van der Waals surface area contributed by atoms with Gasteiger partial charge in [0.05, 0.1) is 46.7 Å². The standard InChI is InChI=1S/C34H59NO7/c1-6-8-10-12-14-16-18-20-22-24-32(36)41-29-30(28-40-27-26-31(34(38)39)35(3,4)5)42-33(37)25-23-21-19-17-15-13-11-9-7-2/h8,10,14,16,20,22,30-31H,6-7,9,11-13,15,17-19,21,23-29H2,1-5H3/b10-8+,16-14+,22-20+. The molecular formula is C34H59NO7. The van der Waals surface area contributed by atoms with Crippen molar-refractivity contribution in [2.75, 3.05) is 41.0 Å². The minimum Gasteiger partial charge on any atom is -0.544 e. The van der Waals surface area contributed by atoms with Crippen molar-refractivity contribution in [3.05, 3.63) is 36.5 Å². The van der Waals surface area contributed by atoms with Crippen LogP contribution in [0.25, 0.3) is 0 Å². The van der Waals surface area contributed by atoms with Gasteiger partial charge in [0.25, 0.3) is 0 Å². The number of quaternary nitrogens is 1. The van der Waals surface area contributed by atoms with Gasteiger partial charge in [0, 0.05) is 12.8 Å². The van der Waals surface area contributed by atoms with Gasteiger partial charge in [-0.1, -0.05) is 102 Å². The molecule has 2 unspecified atom stereocenters. The molecule has 0 saturated carbocycles. The first-order valence-electron chi connectivity index (χ1n) is 16.0. The SMILES string of the molecule is CC/C=C/C/C=C/C/C=C/CC(=O)OCC(COCCC(C(=O)[O-])[N+](C)(C)C)OC(=O)CCCCCCCCCCC. The molecule has 8 nitrogen and oxygen atoms in total. The molecule has 0 aliphatic carbocycles. The highest BCUT2D eigenvalue weighted by Crippen LogP contribution is 2.12. The highest BCUT2D eigenvalue weighted by atomic mass is 16.6. The monoisotopic (exact) mass is 593 g/mol. The molecule has 0 radical (unpaired) electrons. The first kappa shape index (κ1) is 39.5. The fraction of sp³-hybridized carbons (Fsp3) is 0.735. The summed E-state index contributed by atoms with van der Waals surface area (Å²) in [6.45, 7) is 4.37. The number of hydrogen-bond donors (Lipinski definition) is 0. The number of rotatable bonds is 27. The molecule has 0 bridgehead atoms. The molecular weight excluding hydrogens is 534 g/mol. The van der Waals surface area contributed by atoms with Crippen molar-refractivity contribution < 1.29 is 38.2 Å². The Hall–Kier alpha value is -2.45. The van der Waals surface area contributed by atoms with Crippen LogP contribution in [0, 0.1) is 0 Å². The van der Waals surface area contributed by atoms with E-state index in [1.807, 2.05) is 12.2 Å². The summed E-state index contributed by atoms with van der Waals surface area (Å²) in [5, 5.41) is 11.5. The zero-order valence-corrected chi connectivity index (χ0v) is 27.2. The van der Waals surface area contributed by atoms with Gasteiger partial charge in [-0.05, 0) is 25.7 Å². The number of aliphatic carboxylic acids is 1. The highest BCUT2D eigenvalue weighted by Gasteiger charge is 2.25. The number of carboxylic acids is 1. The van der Waals surface area contributed by atoms with Gasteiger partial charge in [-0.25, -0.2) is 0 Å². The number of unbranched alkanes of at least 4 members (excludes halogenated alkanes) is 8. The van der Waals surface area contributed by atoms with Gasteiger partial charge >= 0.3 is 11.9 Å². The Morgan fingerprint density at radius 2 is 1.31 bits per heavy atom. The van der Waals surface area contributed by atoms with E-state index >= 15 is 0 Å². The molecule has 2 atom stereocenters. The molecule has 0 heterocycles. The third-order valence-corrected chi connectivity index (χ3v) is 6.82. The Bertz CT molecular complexity index is 798. The summed E-state index contributed by atoms with van der Waals surface area (Å²) >= 11 is 0. The number of ether oxygens (including phenoxy) is 3. The number of carboxylic acid groups (broad SMARTS) is 1. The minimum atomic E-state index is -1.14. The number of likely N-dealkylation sites (N-methyl/N-ethyl adjacent to an activating group) is 1. The molecule has 8 heteroatoms. The Kier molecular flexibility index (Phi) is 24.7. The predicted octanol–water partition coefficient (Wildman–Crippen LogP) is 5.84. The number of hydrogen-bond acceptors (Lipinski definition) is 7. The van der Waals surface area contributed by atoms with Crippen molar-refractivity contribution in [1.82, 2.24) is 0 Å². The summed E-state index contributed by atoms with van der Waals surface area (Å²) in [4.78, 5) is 36.2. The molecule has 0 aromatic carbocycles. The molecule has 0 aromatic rings. The number of allylic oxidation sites excluding steroid dienone is 5. The van der Waals surface area contributed by atoms with Gasteiger partial charge in [-0.15, -0.1) is 0 Å². The zero-order valence-electron chi connectivity index (χ0n) is 27.2. The van der Waals surface area contributed by atoms with Crippen molar-refractivity contribution in [3.8, 4) is 0 Å². The van der Waals surface area contributed by atoms with Crippen molar-refractivity contribution >= 4 is 17.9 Å². The van der Waals surface area contributed by atoms with Crippen LogP contribution in [0.2, 0.25) is 0 Å². The lowest BCUT2D eigenvalue weighted by atomic mass is 10.1. The van der Waals surface area contributed by atoms with Gasteiger partial charge < -0.3 is 28.6 Å². The van der Waals surface area contributed by atoms with E-state index in [0.29, 0.717) is 6.42 Å². The topological polar surface area (TPSA) is 102 Å². The Balaban J connectivity index is 4.63. The molecule has 0 rings (SSSR count). The largest absolute Gasteiger partial charge is 0.544 e. The van der Waals surface area contributed by atoms with Crippen LogP contribution in [0.1, 0.15) is 110 Å². The average molecular weight is 594 g/mol. The summed E-state index contributed by atoms with van der Waals surface area (Å²) < 4.78 is 16.8. The first-order valence-corrected chi connectivity index (χ1v) is 16.0. The van der Waals surface area contributed by atoms with Crippen LogP contribution in [0.4, 0.5) is 0 Å². The van der Waals surface area contributed by atoms with Crippen LogP contribution in [-0.4, -0.2) is 75.5 Å². The summed E-state index contributed by atoms with van der Waals surface area (Å²) in [5.41, 5.74) is 0. The lowest BCUT2D eigenvalue weighted by Gasteiger charge is -2.34. The quantitative estimate of drug-likeness (QED) is 0.0510. The van der Waals surface area contributed by atoms with E-state index in [1.54, 1.807) is 27.2 Å². The van der Waals surface area contributed by atoms with Crippen molar-refractivity contribution in [1.29, 1.82) is 0 Å². The Labute approximate surface area is 255 Å². The smallest absolute Gasteiger partial charge is 0.309 e. The fourth-order valence-corrected chi connectivity index (χ4v) is 4.31. The second kappa shape index (κ2) is 26.2. The third kappa shape index (κ3) is 24.2. The second-order valence-electron chi connectivity index (χ2n) is 11.7. The van der Waals surface area contributed by atoms with Crippen LogP contribution < -0.4 is 5.11 Å². The number of nitrogens with zero attached hydrogens (tertiary/aromatic N) is 1. The van der Waals surface area contributed by atoms with E-state index in [-0.39, 0.29) is 43.1 Å². The summed E-state index contributed by atoms with van der Waals surface area (Å²) in [6, 6.07) is -0.732. The summed E-state index contributed by atoms with van der Waals surface area (Å²) in [7, 11) is 5.35. The van der Waals surface area contributed by atoms with E-state index in [1.165, 1.54) is 38.5 Å². The van der Waals surface area contributed by atoms with Crippen LogP contribution in [0.5, 0.6) is 0 Å². The summed E-state index contributed by atoms with van der Waals surface area (Å²) in [6.07, 6.45) is 25.0. The normalized spacial score (nSPS) is 13.6. The van der Waals surface area contributed by atoms with E-state index < -0.39 is 24.1 Å². The first-order chi connectivity index (χ1) is 20.1. The van der Waals surface area contributed by atoms with Crippen LogP contribution >= 0.6 is 0 Å². The molecule has 0 saturated heterocycles. The zero-order chi connectivity index (χ0) is 31.5. The van der Waals surface area contributed by atoms with Gasteiger partial charge in [-0.3, -0.25) is 9.59 Å². The van der Waals surface area contributed by atoms with Crippen molar-refractivity contribution in [2.45, 2.75) is 122 Å². The average Bonchev–Trinajstić information content (AvgIpc) is 2.92. The summed E-state index contributed by atoms with van der Waals surface area (Å²) in [5.74, 6) is -1.90. The third-order valence-electron chi connectivity index (χ3n) is 6.82. The lowest BCUT2D eigenvalue weighted by molar-refractivity contribution is -0.889. The van der Waals surface area contributed by atoms with Crippen LogP contribution in [0.15, 0.2) is 36.5 Å². The Morgan fingerprint density at radius 3 is 1.88 bits per heavy atom. The van der Waals surface area contributed by atoms with E-state index in [9.17, 15) is 19.5 Å². The fourth-order valence-electron chi connectivity index (χ4n) is 4.31. The molecule has 0 spiro atoms. The maximum atomic E-state index is 12.5. The molecule has 42 heavy (non-hydrogen) atoms. The number of carbonyl (C=O) groups is 3. The molecule has 0 aromatic heterocycles. The van der Waals surface area contributed by atoms with E-state index in [0.717, 1.165) is 38.5 Å². The molecule has 0 fully saturated rings. The molecule has 0 aliphatic heterocycles. The molecule has 0 aliphatic rings. The molecule has 0 N–H and O–H groups in total.